The van der Waals surface area contributed by atoms with Gasteiger partial charge in [0, 0.05) is 35.0 Å². The molecule has 1 heterocycles. The van der Waals surface area contributed by atoms with Crippen LogP contribution < -0.4 is 5.32 Å². The van der Waals surface area contributed by atoms with Crippen LogP contribution in [0.25, 0.3) is 21.9 Å². The smallest absolute Gasteiger partial charge is 0.221 e. The molecule has 3 aromatic rings. The highest BCUT2D eigenvalue weighted by Crippen LogP contribution is 2.30. The first-order valence-corrected chi connectivity index (χ1v) is 5.86. The molecule has 0 saturated heterocycles. The highest BCUT2D eigenvalue weighted by molar-refractivity contribution is 6.07. The fourth-order valence-electron chi connectivity index (χ4n) is 2.15. The number of carbonyl (C=O) groups excluding carboxylic acids is 2. The van der Waals surface area contributed by atoms with Crippen molar-refractivity contribution < 1.29 is 14.0 Å². The Labute approximate surface area is 109 Å². The summed E-state index contributed by atoms with van der Waals surface area (Å²) in [6.45, 7) is 1.46. The molecule has 0 aliphatic rings. The van der Waals surface area contributed by atoms with Crippen LogP contribution in [0.1, 0.15) is 17.3 Å². The number of hydrogen-bond donors (Lipinski definition) is 1. The first kappa shape index (κ1) is 11.5. The Morgan fingerprint density at radius 3 is 2.68 bits per heavy atom. The van der Waals surface area contributed by atoms with E-state index in [1.54, 1.807) is 24.3 Å². The number of anilines is 1. The highest BCUT2D eigenvalue weighted by atomic mass is 16.3. The fourth-order valence-corrected chi connectivity index (χ4v) is 2.15. The number of carbonyl (C=O) groups is 2. The van der Waals surface area contributed by atoms with E-state index in [2.05, 4.69) is 5.32 Å². The van der Waals surface area contributed by atoms with Gasteiger partial charge in [-0.15, -0.1) is 0 Å². The SMILES string of the molecule is CC(=O)Nc1ccc2c(c1)oc1ccc(C=O)cc12. The summed E-state index contributed by atoms with van der Waals surface area (Å²) in [5.74, 6) is -0.126. The Hall–Kier alpha value is -2.62. The van der Waals surface area contributed by atoms with Crippen LogP contribution in [0.5, 0.6) is 0 Å². The van der Waals surface area contributed by atoms with Crippen LogP contribution in [-0.4, -0.2) is 12.2 Å². The van der Waals surface area contributed by atoms with Crippen LogP contribution in [0.2, 0.25) is 0 Å². The molecule has 0 bridgehead atoms. The summed E-state index contributed by atoms with van der Waals surface area (Å²) in [5.41, 5.74) is 2.71. The van der Waals surface area contributed by atoms with Crippen LogP contribution >= 0.6 is 0 Å². The minimum absolute atomic E-state index is 0.126. The van der Waals surface area contributed by atoms with E-state index < -0.39 is 0 Å². The average Bonchev–Trinajstić information content (AvgIpc) is 2.74. The third kappa shape index (κ3) is 1.97. The number of benzene rings is 2. The lowest BCUT2D eigenvalue weighted by molar-refractivity contribution is -0.114. The summed E-state index contributed by atoms with van der Waals surface area (Å²) >= 11 is 0. The van der Waals surface area contributed by atoms with Gasteiger partial charge in [0.25, 0.3) is 0 Å². The summed E-state index contributed by atoms with van der Waals surface area (Å²) < 4.78 is 5.71. The Bertz CT molecular complexity index is 802. The van der Waals surface area contributed by atoms with Crippen LogP contribution in [0.3, 0.4) is 0 Å². The van der Waals surface area contributed by atoms with Crippen molar-refractivity contribution in [1.82, 2.24) is 0 Å². The number of furan rings is 1. The molecular formula is C15H11NO3. The van der Waals surface area contributed by atoms with Gasteiger partial charge in [0.1, 0.15) is 17.5 Å². The van der Waals surface area contributed by atoms with Gasteiger partial charge < -0.3 is 9.73 Å². The first-order chi connectivity index (χ1) is 9.17. The Kier molecular flexibility index (Phi) is 2.56. The maximum absolute atomic E-state index is 11.0. The molecule has 1 aromatic heterocycles. The van der Waals surface area contributed by atoms with Crippen LogP contribution in [0.15, 0.2) is 40.8 Å². The van der Waals surface area contributed by atoms with Crippen molar-refractivity contribution in [3.63, 3.8) is 0 Å². The molecule has 0 atom stereocenters. The van der Waals surface area contributed by atoms with E-state index >= 15 is 0 Å². The lowest BCUT2D eigenvalue weighted by Crippen LogP contribution is -2.05. The van der Waals surface area contributed by atoms with Crippen molar-refractivity contribution in [2.45, 2.75) is 6.92 Å². The van der Waals surface area contributed by atoms with Crippen molar-refractivity contribution in [2.24, 2.45) is 0 Å². The van der Waals surface area contributed by atoms with Crippen molar-refractivity contribution in [3.8, 4) is 0 Å². The molecule has 0 saturated carbocycles. The highest BCUT2D eigenvalue weighted by Gasteiger charge is 2.08. The van der Waals surface area contributed by atoms with Crippen molar-refractivity contribution >= 4 is 39.8 Å². The maximum atomic E-state index is 11.0. The van der Waals surface area contributed by atoms with Gasteiger partial charge >= 0.3 is 0 Å². The molecule has 0 aliphatic heterocycles. The maximum Gasteiger partial charge on any atom is 0.221 e. The van der Waals surface area contributed by atoms with Crippen LogP contribution in [-0.2, 0) is 4.79 Å². The minimum Gasteiger partial charge on any atom is -0.456 e. The van der Waals surface area contributed by atoms with Gasteiger partial charge in [0.05, 0.1) is 0 Å². The fraction of sp³-hybridized carbons (Fsp3) is 0.0667. The summed E-state index contributed by atoms with van der Waals surface area (Å²) in [6, 6.07) is 10.8. The van der Waals surface area contributed by atoms with Gasteiger partial charge in [-0.3, -0.25) is 9.59 Å². The molecule has 0 aliphatic carbocycles. The molecule has 94 valence electrons. The number of hydrogen-bond acceptors (Lipinski definition) is 3. The third-order valence-electron chi connectivity index (χ3n) is 2.95. The zero-order chi connectivity index (χ0) is 13.4. The van der Waals surface area contributed by atoms with E-state index in [0.717, 1.165) is 22.6 Å². The zero-order valence-corrected chi connectivity index (χ0v) is 10.3. The van der Waals surface area contributed by atoms with Crippen LogP contribution in [0.4, 0.5) is 5.69 Å². The van der Waals surface area contributed by atoms with Gasteiger partial charge in [-0.2, -0.15) is 0 Å². The van der Waals surface area contributed by atoms with Crippen molar-refractivity contribution in [2.75, 3.05) is 5.32 Å². The predicted molar refractivity (Wildman–Crippen MR) is 73.4 cm³/mol. The van der Waals surface area contributed by atoms with E-state index in [1.807, 2.05) is 12.1 Å². The summed E-state index contributed by atoms with van der Waals surface area (Å²) in [4.78, 5) is 21.8. The largest absolute Gasteiger partial charge is 0.456 e. The van der Waals surface area contributed by atoms with Gasteiger partial charge in [-0.05, 0) is 30.3 Å². The second-order valence-electron chi connectivity index (χ2n) is 4.37. The Balaban J connectivity index is 2.22. The van der Waals surface area contributed by atoms with E-state index in [4.69, 9.17) is 4.42 Å². The van der Waals surface area contributed by atoms with E-state index in [1.165, 1.54) is 6.92 Å². The predicted octanol–water partition coefficient (Wildman–Crippen LogP) is 3.36. The second-order valence-corrected chi connectivity index (χ2v) is 4.37. The summed E-state index contributed by atoms with van der Waals surface area (Å²) in [5, 5.41) is 4.53. The zero-order valence-electron chi connectivity index (χ0n) is 10.3. The van der Waals surface area contributed by atoms with Crippen molar-refractivity contribution in [1.29, 1.82) is 0 Å². The normalized spacial score (nSPS) is 10.8. The van der Waals surface area contributed by atoms with E-state index in [0.29, 0.717) is 16.8 Å². The lowest BCUT2D eigenvalue weighted by atomic mass is 10.1. The monoisotopic (exact) mass is 253 g/mol. The molecule has 4 nitrogen and oxygen atoms in total. The number of fused-ring (bicyclic) bond motifs is 3. The van der Waals surface area contributed by atoms with E-state index in [-0.39, 0.29) is 5.91 Å². The number of nitrogens with one attached hydrogen (secondary N) is 1. The number of aldehydes is 1. The van der Waals surface area contributed by atoms with Gasteiger partial charge in [0.15, 0.2) is 0 Å². The molecule has 3 rings (SSSR count). The van der Waals surface area contributed by atoms with Gasteiger partial charge in [-0.25, -0.2) is 0 Å². The number of rotatable bonds is 2. The molecule has 0 spiro atoms. The Morgan fingerprint density at radius 1 is 1.11 bits per heavy atom. The third-order valence-corrected chi connectivity index (χ3v) is 2.95. The second kappa shape index (κ2) is 4.24. The Morgan fingerprint density at radius 2 is 1.95 bits per heavy atom. The summed E-state index contributed by atoms with van der Waals surface area (Å²) in [6.07, 6.45) is 0.809. The lowest BCUT2D eigenvalue weighted by Gasteiger charge is -2.00. The number of amides is 1. The van der Waals surface area contributed by atoms with Gasteiger partial charge in [0.2, 0.25) is 5.91 Å². The molecule has 1 N–H and O–H groups in total. The minimum atomic E-state index is -0.126. The molecule has 0 radical (unpaired) electrons. The molecule has 2 aromatic carbocycles. The molecular weight excluding hydrogens is 242 g/mol. The first-order valence-electron chi connectivity index (χ1n) is 5.86. The summed E-state index contributed by atoms with van der Waals surface area (Å²) in [7, 11) is 0. The molecule has 19 heavy (non-hydrogen) atoms. The van der Waals surface area contributed by atoms with E-state index in [9.17, 15) is 9.59 Å². The van der Waals surface area contributed by atoms with Crippen LogP contribution in [0, 0.1) is 0 Å². The van der Waals surface area contributed by atoms with Gasteiger partial charge in [-0.1, -0.05) is 0 Å². The molecule has 4 heteroatoms. The molecule has 0 fully saturated rings. The quantitative estimate of drug-likeness (QED) is 0.712. The standard InChI is InChI=1S/C15H11NO3/c1-9(18)16-11-3-4-12-13-6-10(8-17)2-5-14(13)19-15(12)7-11/h2-8H,1H3,(H,16,18). The molecule has 1 amide bonds. The topological polar surface area (TPSA) is 59.3 Å². The average molecular weight is 253 g/mol. The molecule has 0 unspecified atom stereocenters. The van der Waals surface area contributed by atoms with Crippen molar-refractivity contribution in [3.05, 3.63) is 42.0 Å².